The quantitative estimate of drug-likeness (QED) is 0.422. The zero-order valence-electron chi connectivity index (χ0n) is 15.1. The monoisotopic (exact) mass is 581 g/mol. The van der Waals surface area contributed by atoms with Gasteiger partial charge in [0.15, 0.2) is 0 Å². The summed E-state index contributed by atoms with van der Waals surface area (Å²) in [6.07, 6.45) is 7.61. The Morgan fingerprint density at radius 3 is 1.60 bits per heavy atom. The van der Waals surface area contributed by atoms with E-state index in [-0.39, 0.29) is 11.1 Å². The predicted octanol–water partition coefficient (Wildman–Crippen LogP) is 4.60. The van der Waals surface area contributed by atoms with Crippen molar-refractivity contribution in [2.24, 2.45) is 0 Å². The second-order valence-electron chi connectivity index (χ2n) is 7.00. The van der Waals surface area contributed by atoms with Gasteiger partial charge in [-0.1, -0.05) is 6.92 Å². The first-order valence-electron chi connectivity index (χ1n) is 7.99. The molecule has 3 rings (SSSR count). The maximum atomic E-state index is 4.41. The second kappa shape index (κ2) is 8.01. The summed E-state index contributed by atoms with van der Waals surface area (Å²) in [6.45, 7) is 10.8. The third-order valence-corrected chi connectivity index (χ3v) is 4.49. The molecular weight excluding hydrogens is 559 g/mol. The van der Waals surface area contributed by atoms with Crippen LogP contribution < -0.4 is 0 Å². The van der Waals surface area contributed by atoms with E-state index in [0.29, 0.717) is 0 Å². The Labute approximate surface area is 167 Å². The van der Waals surface area contributed by atoms with Crippen molar-refractivity contribution in [3.8, 4) is 0 Å². The number of rotatable bonds is 4. The molecule has 6 heteroatoms. The van der Waals surface area contributed by atoms with Gasteiger partial charge >= 0.3 is 31.1 Å². The molecule has 0 aliphatic heterocycles. The Bertz CT molecular complexity index is 728. The van der Waals surface area contributed by atoms with E-state index in [1.165, 1.54) is 5.56 Å². The molecule has 0 saturated heterocycles. The molecule has 3 aromatic rings. The number of aromatic nitrogens is 4. The third kappa shape index (κ3) is 4.15. The minimum atomic E-state index is -0.259. The number of nitrogens with zero attached hydrogens (tertiary/aromatic N) is 4. The fraction of sp³-hybridized carbons (Fsp3) is 0.368. The Hall–Kier alpha value is -1.19. The number of aryl methyl sites for hydroxylation is 1. The molecule has 0 unspecified atom stereocenters. The van der Waals surface area contributed by atoms with Crippen LogP contribution in [0.15, 0.2) is 49.1 Å². The van der Waals surface area contributed by atoms with Crippen molar-refractivity contribution in [1.82, 2.24) is 19.6 Å². The Morgan fingerprint density at radius 1 is 0.880 bits per heavy atom. The molecule has 136 valence electrons. The molecule has 0 amide bonds. The van der Waals surface area contributed by atoms with Crippen LogP contribution in [0.1, 0.15) is 44.4 Å². The molecule has 2 heterocycles. The molecule has 0 aliphatic rings. The van der Waals surface area contributed by atoms with E-state index in [2.05, 4.69) is 76.3 Å². The van der Waals surface area contributed by atoms with Gasteiger partial charge in [-0.3, -0.25) is 9.36 Å². The van der Waals surface area contributed by atoms with Crippen molar-refractivity contribution in [2.75, 3.05) is 0 Å². The SMILES string of the molecule is Cc1cc(C(C)(C)n2cccn2)[c-]c(C(C)(C)n2cccn2)c1.[Br][Pt+]. The van der Waals surface area contributed by atoms with Crippen LogP contribution in [-0.2, 0) is 28.8 Å². The van der Waals surface area contributed by atoms with Crippen LogP contribution >= 0.6 is 13.3 Å². The van der Waals surface area contributed by atoms with Crippen LogP contribution in [0.3, 0.4) is 0 Å². The van der Waals surface area contributed by atoms with Crippen LogP contribution in [0.2, 0.25) is 0 Å². The minimum absolute atomic E-state index is 0.259. The van der Waals surface area contributed by atoms with Crippen LogP contribution in [0.25, 0.3) is 0 Å². The van der Waals surface area contributed by atoms with Gasteiger partial charge in [0.05, 0.1) is 11.1 Å². The normalized spacial score (nSPS) is 11.8. The van der Waals surface area contributed by atoms with Crippen LogP contribution in [-0.4, -0.2) is 19.6 Å². The first-order valence-corrected chi connectivity index (χ1v) is 13.0. The van der Waals surface area contributed by atoms with Gasteiger partial charge in [0, 0.05) is 24.8 Å². The van der Waals surface area contributed by atoms with Gasteiger partial charge in [-0.15, -0.1) is 11.1 Å². The fourth-order valence-electron chi connectivity index (χ4n) is 2.82. The van der Waals surface area contributed by atoms with E-state index in [4.69, 9.17) is 0 Å². The average Bonchev–Trinajstić information content (AvgIpc) is 3.30. The standard InChI is InChI=1S/C19H23N4.BrH.Pt/c1-15-12-16(18(2,3)22-10-6-8-20-22)14-17(13-15)19(4,5)23-11-7-9-21-23;;/h6-13H,1-5H3;1H;/q-1;;+2/p-1. The summed E-state index contributed by atoms with van der Waals surface area (Å²) in [7, 11) is 0. The van der Waals surface area contributed by atoms with Gasteiger partial charge in [0.25, 0.3) is 0 Å². The number of benzene rings is 1. The first-order chi connectivity index (χ1) is 11.8. The molecule has 0 spiro atoms. The summed E-state index contributed by atoms with van der Waals surface area (Å²) < 4.78 is 3.95. The van der Waals surface area contributed by atoms with Crippen molar-refractivity contribution in [1.29, 1.82) is 0 Å². The summed E-state index contributed by atoms with van der Waals surface area (Å²) in [5.74, 6) is 0. The summed E-state index contributed by atoms with van der Waals surface area (Å²) in [5, 5.41) is 8.83. The van der Waals surface area contributed by atoms with Crippen molar-refractivity contribution >= 4 is 13.3 Å². The van der Waals surface area contributed by atoms with Crippen molar-refractivity contribution in [3.05, 3.63) is 71.8 Å². The van der Waals surface area contributed by atoms with Crippen molar-refractivity contribution < 1.29 is 17.8 Å². The van der Waals surface area contributed by atoms with E-state index < -0.39 is 0 Å². The van der Waals surface area contributed by atoms with Crippen molar-refractivity contribution in [2.45, 2.75) is 45.7 Å². The molecule has 4 nitrogen and oxygen atoms in total. The molecule has 0 fully saturated rings. The van der Waals surface area contributed by atoms with Gasteiger partial charge in [0.1, 0.15) is 0 Å². The van der Waals surface area contributed by atoms with E-state index in [0.717, 1.165) is 11.1 Å². The van der Waals surface area contributed by atoms with Gasteiger partial charge in [-0.25, -0.2) is 0 Å². The molecule has 0 saturated carbocycles. The topological polar surface area (TPSA) is 35.6 Å². The predicted molar refractivity (Wildman–Crippen MR) is 100 cm³/mol. The number of hydrogen-bond donors (Lipinski definition) is 0. The van der Waals surface area contributed by atoms with Gasteiger partial charge < -0.3 is 0 Å². The molecule has 0 atom stereocenters. The number of hydrogen-bond acceptors (Lipinski definition) is 2. The summed E-state index contributed by atoms with van der Waals surface area (Å²) >= 11 is 4.86. The van der Waals surface area contributed by atoms with Crippen molar-refractivity contribution in [3.63, 3.8) is 0 Å². The number of halogens is 1. The molecule has 0 N–H and O–H groups in total. The van der Waals surface area contributed by atoms with E-state index in [9.17, 15) is 0 Å². The van der Waals surface area contributed by atoms with Crippen LogP contribution in [0.4, 0.5) is 0 Å². The van der Waals surface area contributed by atoms with E-state index >= 15 is 0 Å². The van der Waals surface area contributed by atoms with Gasteiger partial charge in [-0.2, -0.15) is 34.0 Å². The molecule has 1 aromatic carbocycles. The molecule has 0 aliphatic carbocycles. The molecule has 25 heavy (non-hydrogen) atoms. The fourth-order valence-corrected chi connectivity index (χ4v) is 2.82. The van der Waals surface area contributed by atoms with E-state index in [1.807, 2.05) is 64.0 Å². The summed E-state index contributed by atoms with van der Waals surface area (Å²) in [5.41, 5.74) is 2.94. The molecular formula is C19H23BrN4Pt. The van der Waals surface area contributed by atoms with Gasteiger partial charge in [-0.05, 0) is 39.8 Å². The Kier molecular flexibility index (Phi) is 6.45. The van der Waals surface area contributed by atoms with Crippen LogP contribution in [0, 0.1) is 13.0 Å². The average molecular weight is 582 g/mol. The Morgan fingerprint density at radius 2 is 1.28 bits per heavy atom. The second-order valence-corrected chi connectivity index (χ2v) is 7.00. The Balaban J connectivity index is 0.00000109. The first kappa shape index (κ1) is 20.1. The summed E-state index contributed by atoms with van der Waals surface area (Å²) in [4.78, 5) is 0. The maximum absolute atomic E-state index is 4.41. The molecule has 0 radical (unpaired) electrons. The van der Waals surface area contributed by atoms with Gasteiger partial charge in [0.2, 0.25) is 0 Å². The zero-order valence-corrected chi connectivity index (χ0v) is 19.0. The van der Waals surface area contributed by atoms with Crippen LogP contribution in [0.5, 0.6) is 0 Å². The third-order valence-electron chi connectivity index (χ3n) is 4.49. The molecule has 0 bridgehead atoms. The zero-order chi connectivity index (χ0) is 18.7. The van der Waals surface area contributed by atoms with E-state index in [1.54, 1.807) is 0 Å². The molecule has 2 aromatic heterocycles. The summed E-state index contributed by atoms with van der Waals surface area (Å²) in [6, 6.07) is 11.9.